The van der Waals surface area contributed by atoms with E-state index in [1.165, 1.54) is 0 Å². The number of rotatable bonds is 3. The molecule has 0 aromatic heterocycles. The molecule has 0 aliphatic rings. The maximum absolute atomic E-state index is 11.1. The minimum Gasteiger partial charge on any atom is -0.324 e. The van der Waals surface area contributed by atoms with Crippen LogP contribution in [0.4, 0.5) is 0 Å². The third kappa shape index (κ3) is 2.66. The summed E-state index contributed by atoms with van der Waals surface area (Å²) < 4.78 is 11.1. The normalized spacial score (nSPS) is 14.1. The summed E-state index contributed by atoms with van der Waals surface area (Å²) >= 11 is 0. The van der Waals surface area contributed by atoms with Crippen molar-refractivity contribution in [1.29, 1.82) is 0 Å². The Morgan fingerprint density at radius 2 is 1.85 bits per heavy atom. The van der Waals surface area contributed by atoms with Crippen molar-refractivity contribution in [2.24, 2.45) is 0 Å². The SMILES string of the molecule is CCC(c1ccccc1)P(=O)(O)O. The maximum Gasteiger partial charge on any atom is 0.332 e. The van der Waals surface area contributed by atoms with Gasteiger partial charge in [-0.1, -0.05) is 37.3 Å². The zero-order chi connectivity index (χ0) is 9.90. The van der Waals surface area contributed by atoms with Gasteiger partial charge in [-0.3, -0.25) is 4.57 Å². The fourth-order valence-corrected chi connectivity index (χ4v) is 2.38. The lowest BCUT2D eigenvalue weighted by Crippen LogP contribution is -1.97. The molecule has 0 saturated heterocycles. The molecular weight excluding hydrogens is 187 g/mol. The average molecular weight is 200 g/mol. The third-order valence-electron chi connectivity index (χ3n) is 1.98. The second-order valence-electron chi connectivity index (χ2n) is 2.92. The van der Waals surface area contributed by atoms with Gasteiger partial charge in [0.15, 0.2) is 0 Å². The van der Waals surface area contributed by atoms with E-state index in [0.717, 1.165) is 0 Å². The largest absolute Gasteiger partial charge is 0.332 e. The van der Waals surface area contributed by atoms with Crippen molar-refractivity contribution in [3.63, 3.8) is 0 Å². The molecule has 1 atom stereocenters. The Hall–Kier alpha value is -0.630. The van der Waals surface area contributed by atoms with Gasteiger partial charge in [-0.2, -0.15) is 0 Å². The number of hydrogen-bond acceptors (Lipinski definition) is 1. The Morgan fingerprint density at radius 1 is 1.31 bits per heavy atom. The summed E-state index contributed by atoms with van der Waals surface area (Å²) in [6.07, 6.45) is 0.453. The van der Waals surface area contributed by atoms with E-state index in [-0.39, 0.29) is 0 Å². The third-order valence-corrected chi connectivity index (χ3v) is 3.45. The van der Waals surface area contributed by atoms with Gasteiger partial charge < -0.3 is 9.79 Å². The van der Waals surface area contributed by atoms with Crippen LogP contribution >= 0.6 is 7.60 Å². The first-order valence-electron chi connectivity index (χ1n) is 4.16. The second kappa shape index (κ2) is 4.05. The first kappa shape index (κ1) is 10.5. The molecule has 1 unspecified atom stereocenters. The quantitative estimate of drug-likeness (QED) is 0.736. The number of benzene rings is 1. The molecule has 0 amide bonds. The molecule has 4 heteroatoms. The summed E-state index contributed by atoms with van der Waals surface area (Å²) in [5.74, 6) is 0. The van der Waals surface area contributed by atoms with Gasteiger partial charge in [0.1, 0.15) is 0 Å². The first-order chi connectivity index (χ1) is 6.05. The molecule has 0 saturated carbocycles. The van der Waals surface area contributed by atoms with Crippen LogP contribution in [0, 0.1) is 0 Å². The minimum absolute atomic E-state index is 0.453. The van der Waals surface area contributed by atoms with Crippen LogP contribution in [0.2, 0.25) is 0 Å². The molecule has 0 heterocycles. The fourth-order valence-electron chi connectivity index (χ4n) is 1.34. The van der Waals surface area contributed by atoms with Crippen LogP contribution in [0.5, 0.6) is 0 Å². The smallest absolute Gasteiger partial charge is 0.324 e. The Kier molecular flexibility index (Phi) is 3.26. The minimum atomic E-state index is -4.00. The summed E-state index contributed by atoms with van der Waals surface area (Å²) in [7, 11) is -4.00. The molecule has 0 aliphatic carbocycles. The van der Waals surface area contributed by atoms with Gasteiger partial charge in [-0.25, -0.2) is 0 Å². The van der Waals surface area contributed by atoms with Gasteiger partial charge >= 0.3 is 7.60 Å². The highest BCUT2D eigenvalue weighted by Crippen LogP contribution is 2.53. The van der Waals surface area contributed by atoms with Crippen molar-refractivity contribution >= 4 is 7.60 Å². The van der Waals surface area contributed by atoms with E-state index in [4.69, 9.17) is 9.79 Å². The van der Waals surface area contributed by atoms with Crippen LogP contribution in [0.1, 0.15) is 24.6 Å². The standard InChI is InChI=1S/C9H13O3P/c1-2-9(13(10,11)12)8-6-4-3-5-7-8/h3-7,9H,2H2,1H3,(H2,10,11,12). The molecule has 2 N–H and O–H groups in total. The van der Waals surface area contributed by atoms with Crippen LogP contribution in [-0.4, -0.2) is 9.79 Å². The summed E-state index contributed by atoms with van der Waals surface area (Å²) in [5.41, 5.74) is 0.0482. The molecule has 0 fully saturated rings. The molecule has 0 aliphatic heterocycles. The van der Waals surface area contributed by atoms with E-state index in [0.29, 0.717) is 12.0 Å². The molecule has 1 aromatic rings. The zero-order valence-corrected chi connectivity index (χ0v) is 8.32. The highest BCUT2D eigenvalue weighted by molar-refractivity contribution is 7.52. The van der Waals surface area contributed by atoms with E-state index < -0.39 is 13.3 Å². The molecule has 72 valence electrons. The van der Waals surface area contributed by atoms with Gasteiger partial charge in [0.25, 0.3) is 0 Å². The predicted octanol–water partition coefficient (Wildman–Crippen LogP) is 2.32. The molecule has 3 nitrogen and oxygen atoms in total. The lowest BCUT2D eigenvalue weighted by atomic mass is 10.1. The van der Waals surface area contributed by atoms with Crippen molar-refractivity contribution in [2.75, 3.05) is 0 Å². The fraction of sp³-hybridized carbons (Fsp3) is 0.333. The van der Waals surface area contributed by atoms with E-state index >= 15 is 0 Å². The zero-order valence-electron chi connectivity index (χ0n) is 7.42. The molecular formula is C9H13O3P. The van der Waals surface area contributed by atoms with Crippen LogP contribution in [0.15, 0.2) is 30.3 Å². The lowest BCUT2D eigenvalue weighted by Gasteiger charge is -2.16. The van der Waals surface area contributed by atoms with Gasteiger partial charge in [-0.05, 0) is 12.0 Å². The predicted molar refractivity (Wildman–Crippen MR) is 51.5 cm³/mol. The van der Waals surface area contributed by atoms with Crippen LogP contribution < -0.4 is 0 Å². The number of hydrogen-bond donors (Lipinski definition) is 2. The van der Waals surface area contributed by atoms with Gasteiger partial charge in [0.05, 0.1) is 5.66 Å². The van der Waals surface area contributed by atoms with E-state index in [1.54, 1.807) is 31.2 Å². The van der Waals surface area contributed by atoms with Crippen LogP contribution in [-0.2, 0) is 4.57 Å². The van der Waals surface area contributed by atoms with Crippen molar-refractivity contribution < 1.29 is 14.4 Å². The molecule has 1 rings (SSSR count). The molecule has 13 heavy (non-hydrogen) atoms. The Balaban J connectivity index is 2.99. The van der Waals surface area contributed by atoms with Crippen LogP contribution in [0.3, 0.4) is 0 Å². The summed E-state index contributed by atoms with van der Waals surface area (Å²) in [5, 5.41) is 0. The van der Waals surface area contributed by atoms with E-state index in [1.807, 2.05) is 6.07 Å². The average Bonchev–Trinajstić information content (AvgIpc) is 2.05. The Morgan fingerprint density at radius 3 is 2.23 bits per heavy atom. The van der Waals surface area contributed by atoms with E-state index in [2.05, 4.69) is 0 Å². The van der Waals surface area contributed by atoms with Gasteiger partial charge in [0.2, 0.25) is 0 Å². The van der Waals surface area contributed by atoms with Crippen molar-refractivity contribution in [3.05, 3.63) is 35.9 Å². The first-order valence-corrected chi connectivity index (χ1v) is 5.84. The monoisotopic (exact) mass is 200 g/mol. The highest BCUT2D eigenvalue weighted by Gasteiger charge is 2.27. The highest BCUT2D eigenvalue weighted by atomic mass is 31.2. The molecule has 1 aromatic carbocycles. The Labute approximate surface area is 77.6 Å². The summed E-state index contributed by atoms with van der Waals surface area (Å²) in [4.78, 5) is 18.1. The second-order valence-corrected chi connectivity index (χ2v) is 4.73. The topological polar surface area (TPSA) is 57.5 Å². The maximum atomic E-state index is 11.1. The van der Waals surface area contributed by atoms with Crippen LogP contribution in [0.25, 0.3) is 0 Å². The van der Waals surface area contributed by atoms with Crippen molar-refractivity contribution in [1.82, 2.24) is 0 Å². The molecule has 0 bridgehead atoms. The lowest BCUT2D eigenvalue weighted by molar-refractivity contribution is 0.357. The summed E-state index contributed by atoms with van der Waals surface area (Å²) in [6, 6.07) is 8.89. The van der Waals surface area contributed by atoms with Crippen molar-refractivity contribution in [2.45, 2.75) is 19.0 Å². The van der Waals surface area contributed by atoms with E-state index in [9.17, 15) is 4.57 Å². The van der Waals surface area contributed by atoms with Gasteiger partial charge in [0, 0.05) is 0 Å². The summed E-state index contributed by atoms with van der Waals surface area (Å²) in [6.45, 7) is 1.77. The van der Waals surface area contributed by atoms with Crippen molar-refractivity contribution in [3.8, 4) is 0 Å². The molecule has 0 radical (unpaired) electrons. The molecule has 0 spiro atoms. The Bertz CT molecular complexity index is 304. The van der Waals surface area contributed by atoms with Gasteiger partial charge in [-0.15, -0.1) is 0 Å².